The SMILES string of the molecule is CCC1=C2CC(N3CCN(Cc4ccccc4)CC3)(CCO2)CN1c1ncccc1F. The van der Waals surface area contributed by atoms with Gasteiger partial charge in [-0.25, -0.2) is 9.37 Å². The van der Waals surface area contributed by atoms with Gasteiger partial charge in [-0.2, -0.15) is 0 Å². The van der Waals surface area contributed by atoms with Crippen LogP contribution in [0.3, 0.4) is 0 Å². The van der Waals surface area contributed by atoms with E-state index in [0.29, 0.717) is 5.82 Å². The summed E-state index contributed by atoms with van der Waals surface area (Å²) in [7, 11) is 0. The normalized spacial score (nSPS) is 24.9. The Bertz CT molecular complexity index is 942. The van der Waals surface area contributed by atoms with Crippen LogP contribution in [0.2, 0.25) is 0 Å². The van der Waals surface area contributed by atoms with Gasteiger partial charge in [0.05, 0.1) is 12.3 Å². The Kier molecular flexibility index (Phi) is 5.67. The molecule has 2 bridgehead atoms. The number of aromatic nitrogens is 1. The highest BCUT2D eigenvalue weighted by molar-refractivity contribution is 5.51. The Balaban J connectivity index is 1.36. The van der Waals surface area contributed by atoms with E-state index in [0.717, 1.165) is 76.6 Å². The van der Waals surface area contributed by atoms with Gasteiger partial charge in [0, 0.05) is 63.8 Å². The lowest BCUT2D eigenvalue weighted by atomic mass is 9.81. The lowest BCUT2D eigenvalue weighted by molar-refractivity contribution is -0.0251. The first-order valence-corrected chi connectivity index (χ1v) is 11.4. The maximum absolute atomic E-state index is 14.7. The molecule has 1 unspecified atom stereocenters. The van der Waals surface area contributed by atoms with Crippen LogP contribution in [0.25, 0.3) is 0 Å². The second kappa shape index (κ2) is 8.60. The molecule has 6 heteroatoms. The number of anilines is 1. The number of nitrogens with zero attached hydrogens (tertiary/aromatic N) is 4. The van der Waals surface area contributed by atoms with E-state index in [1.54, 1.807) is 12.3 Å². The minimum atomic E-state index is -0.267. The van der Waals surface area contributed by atoms with Gasteiger partial charge in [-0.05, 0) is 24.1 Å². The smallest absolute Gasteiger partial charge is 0.169 e. The van der Waals surface area contributed by atoms with E-state index in [9.17, 15) is 4.39 Å². The molecule has 164 valence electrons. The largest absolute Gasteiger partial charge is 0.496 e. The molecule has 3 aliphatic heterocycles. The van der Waals surface area contributed by atoms with Gasteiger partial charge < -0.3 is 9.64 Å². The molecule has 3 aliphatic rings. The second-order valence-electron chi connectivity index (χ2n) is 8.87. The molecule has 5 nitrogen and oxygen atoms in total. The molecule has 1 aromatic heterocycles. The molecule has 1 aromatic carbocycles. The maximum Gasteiger partial charge on any atom is 0.169 e. The van der Waals surface area contributed by atoms with Crippen molar-refractivity contribution in [2.24, 2.45) is 0 Å². The Morgan fingerprint density at radius 3 is 2.61 bits per heavy atom. The molecule has 2 aromatic rings. The third-order valence-electron chi connectivity index (χ3n) is 7.06. The summed E-state index contributed by atoms with van der Waals surface area (Å²) >= 11 is 0. The number of ether oxygens (including phenoxy) is 1. The first-order valence-electron chi connectivity index (χ1n) is 11.4. The van der Waals surface area contributed by atoms with Crippen LogP contribution in [0.15, 0.2) is 60.1 Å². The standard InChI is InChI=1S/C25H31FN4O/c1-2-22-23-17-25(10-16-31-23,19-30(22)24-21(26)9-6-11-27-24)29-14-12-28(13-15-29)18-20-7-4-3-5-8-20/h3-9,11H,2,10,12-19H2,1H3. The minimum absolute atomic E-state index is 0.0188. The van der Waals surface area contributed by atoms with Crippen LogP contribution in [0, 0.1) is 5.82 Å². The number of pyridine rings is 1. The highest BCUT2D eigenvalue weighted by Crippen LogP contribution is 2.43. The molecule has 1 atom stereocenters. The van der Waals surface area contributed by atoms with Gasteiger partial charge in [0.1, 0.15) is 5.76 Å². The number of benzene rings is 1. The Morgan fingerprint density at radius 2 is 1.87 bits per heavy atom. The summed E-state index contributed by atoms with van der Waals surface area (Å²) in [5.41, 5.74) is 2.43. The van der Waals surface area contributed by atoms with Gasteiger partial charge in [-0.3, -0.25) is 9.80 Å². The molecule has 0 amide bonds. The van der Waals surface area contributed by atoms with E-state index < -0.39 is 0 Å². The van der Waals surface area contributed by atoms with Crippen molar-refractivity contribution in [1.29, 1.82) is 0 Å². The average molecular weight is 423 g/mol. The van der Waals surface area contributed by atoms with E-state index >= 15 is 0 Å². The zero-order chi connectivity index (χ0) is 21.3. The second-order valence-corrected chi connectivity index (χ2v) is 8.87. The predicted molar refractivity (Wildman–Crippen MR) is 120 cm³/mol. The highest BCUT2D eigenvalue weighted by Gasteiger charge is 2.48. The molecular formula is C25H31FN4O. The number of allylic oxidation sites excluding steroid dienone is 1. The molecule has 2 saturated heterocycles. The topological polar surface area (TPSA) is 31.8 Å². The number of hydrogen-bond donors (Lipinski definition) is 0. The molecule has 2 fully saturated rings. The van der Waals surface area contributed by atoms with Crippen LogP contribution in [0.1, 0.15) is 31.7 Å². The van der Waals surface area contributed by atoms with Crippen molar-refractivity contribution < 1.29 is 9.13 Å². The third kappa shape index (κ3) is 3.94. The lowest BCUT2D eigenvalue weighted by Crippen LogP contribution is -2.64. The van der Waals surface area contributed by atoms with Crippen molar-refractivity contribution in [1.82, 2.24) is 14.8 Å². The molecule has 4 heterocycles. The molecule has 0 spiro atoms. The molecule has 0 saturated carbocycles. The van der Waals surface area contributed by atoms with E-state index in [1.165, 1.54) is 11.6 Å². The number of piperazine rings is 1. The van der Waals surface area contributed by atoms with E-state index in [-0.39, 0.29) is 11.4 Å². The number of hydrogen-bond acceptors (Lipinski definition) is 5. The van der Waals surface area contributed by atoms with Gasteiger partial charge in [-0.1, -0.05) is 37.3 Å². The summed E-state index contributed by atoms with van der Waals surface area (Å²) in [6, 6.07) is 13.8. The van der Waals surface area contributed by atoms with E-state index in [1.807, 2.05) is 0 Å². The average Bonchev–Trinajstić information content (AvgIpc) is 2.80. The Hall–Kier alpha value is -2.44. The van der Waals surface area contributed by atoms with Crippen LogP contribution in [-0.4, -0.2) is 59.7 Å². The summed E-state index contributed by atoms with van der Waals surface area (Å²) in [6.45, 7) is 8.78. The number of halogens is 1. The van der Waals surface area contributed by atoms with Crippen molar-refractivity contribution in [3.63, 3.8) is 0 Å². The molecule has 0 radical (unpaired) electrons. The van der Waals surface area contributed by atoms with Gasteiger partial charge in [-0.15, -0.1) is 0 Å². The van der Waals surface area contributed by atoms with E-state index in [4.69, 9.17) is 4.74 Å². The number of fused-ring (bicyclic) bond motifs is 2. The zero-order valence-corrected chi connectivity index (χ0v) is 18.3. The first-order chi connectivity index (χ1) is 15.2. The summed E-state index contributed by atoms with van der Waals surface area (Å²) < 4.78 is 20.8. The monoisotopic (exact) mass is 422 g/mol. The molecule has 0 N–H and O–H groups in total. The summed E-state index contributed by atoms with van der Waals surface area (Å²) in [5, 5.41) is 0. The summed E-state index contributed by atoms with van der Waals surface area (Å²) in [4.78, 5) is 11.7. The van der Waals surface area contributed by atoms with Crippen molar-refractivity contribution in [3.8, 4) is 0 Å². The van der Waals surface area contributed by atoms with Crippen molar-refractivity contribution in [2.45, 2.75) is 38.3 Å². The fourth-order valence-corrected chi connectivity index (χ4v) is 5.42. The van der Waals surface area contributed by atoms with Crippen LogP contribution in [-0.2, 0) is 11.3 Å². The zero-order valence-electron chi connectivity index (χ0n) is 18.3. The highest BCUT2D eigenvalue weighted by atomic mass is 19.1. The van der Waals surface area contributed by atoms with Gasteiger partial charge in [0.15, 0.2) is 11.6 Å². The Labute approximate surface area is 184 Å². The fourth-order valence-electron chi connectivity index (χ4n) is 5.42. The lowest BCUT2D eigenvalue weighted by Gasteiger charge is -2.54. The summed E-state index contributed by atoms with van der Waals surface area (Å²) in [5.74, 6) is 1.18. The van der Waals surface area contributed by atoms with Crippen molar-refractivity contribution in [2.75, 3.05) is 44.2 Å². The maximum atomic E-state index is 14.7. The Morgan fingerprint density at radius 1 is 1.06 bits per heavy atom. The van der Waals surface area contributed by atoms with Crippen LogP contribution in [0.5, 0.6) is 0 Å². The van der Waals surface area contributed by atoms with Crippen molar-refractivity contribution in [3.05, 3.63) is 71.5 Å². The molecule has 0 aliphatic carbocycles. The first kappa shape index (κ1) is 20.5. The van der Waals surface area contributed by atoms with Crippen LogP contribution >= 0.6 is 0 Å². The van der Waals surface area contributed by atoms with E-state index in [2.05, 4.69) is 56.9 Å². The van der Waals surface area contributed by atoms with Crippen molar-refractivity contribution >= 4 is 5.82 Å². The predicted octanol–water partition coefficient (Wildman–Crippen LogP) is 4.03. The molecular weight excluding hydrogens is 391 g/mol. The molecule has 31 heavy (non-hydrogen) atoms. The van der Waals surface area contributed by atoms with Crippen LogP contribution < -0.4 is 4.90 Å². The molecule has 5 rings (SSSR count). The fraction of sp³-hybridized carbons (Fsp3) is 0.480. The van der Waals surface area contributed by atoms with Gasteiger partial charge in [0.25, 0.3) is 0 Å². The van der Waals surface area contributed by atoms with Crippen LogP contribution in [0.4, 0.5) is 10.2 Å². The minimum Gasteiger partial charge on any atom is -0.496 e. The summed E-state index contributed by atoms with van der Waals surface area (Å²) in [6.07, 6.45) is 4.37. The van der Waals surface area contributed by atoms with Gasteiger partial charge >= 0.3 is 0 Å². The third-order valence-corrected chi connectivity index (χ3v) is 7.06. The van der Waals surface area contributed by atoms with Gasteiger partial charge in [0.2, 0.25) is 0 Å². The quantitative estimate of drug-likeness (QED) is 0.726. The number of rotatable bonds is 5.